The fourth-order valence-corrected chi connectivity index (χ4v) is 4.78. The highest BCUT2D eigenvalue weighted by Crippen LogP contribution is 2.20. The molecule has 0 bridgehead atoms. The van der Waals surface area contributed by atoms with Gasteiger partial charge in [0.2, 0.25) is 11.8 Å². The number of carbonyl (C=O) groups excluding carboxylic acids is 2. The van der Waals surface area contributed by atoms with Gasteiger partial charge in [-0.25, -0.2) is 0 Å². The molecule has 2 aliphatic heterocycles. The van der Waals surface area contributed by atoms with Gasteiger partial charge in [0.15, 0.2) is 0 Å². The fraction of sp³-hybridized carbons (Fsp3) is 0.481. The molecule has 6 nitrogen and oxygen atoms in total. The first-order valence-electron chi connectivity index (χ1n) is 12.3. The Labute approximate surface area is 197 Å². The van der Waals surface area contributed by atoms with E-state index in [4.69, 9.17) is 0 Å². The number of nitrogens with zero attached hydrogens (tertiary/aromatic N) is 3. The minimum absolute atomic E-state index is 0.0193. The van der Waals surface area contributed by atoms with Crippen molar-refractivity contribution in [3.63, 3.8) is 0 Å². The molecule has 0 aliphatic carbocycles. The average Bonchev–Trinajstić information content (AvgIpc) is 2.86. The highest BCUT2D eigenvalue weighted by Gasteiger charge is 2.27. The number of hydrogen-bond acceptors (Lipinski definition) is 4. The van der Waals surface area contributed by atoms with Crippen molar-refractivity contribution in [3.8, 4) is 0 Å². The van der Waals surface area contributed by atoms with Gasteiger partial charge in [-0.2, -0.15) is 0 Å². The van der Waals surface area contributed by atoms with Crippen LogP contribution in [0.4, 0.5) is 5.69 Å². The summed E-state index contributed by atoms with van der Waals surface area (Å²) in [4.78, 5) is 31.6. The van der Waals surface area contributed by atoms with Crippen LogP contribution in [0.15, 0.2) is 54.6 Å². The third-order valence-electron chi connectivity index (χ3n) is 6.79. The van der Waals surface area contributed by atoms with Gasteiger partial charge in [-0.15, -0.1) is 0 Å². The van der Waals surface area contributed by atoms with Crippen molar-refractivity contribution in [2.45, 2.75) is 39.3 Å². The van der Waals surface area contributed by atoms with Crippen LogP contribution in [0.25, 0.3) is 0 Å². The van der Waals surface area contributed by atoms with E-state index in [1.54, 1.807) is 0 Å². The molecule has 1 atom stereocenters. The first-order chi connectivity index (χ1) is 16.1. The Hall–Kier alpha value is -2.70. The summed E-state index contributed by atoms with van der Waals surface area (Å²) in [6, 6.07) is 18.9. The lowest BCUT2D eigenvalue weighted by Gasteiger charge is -2.34. The zero-order chi connectivity index (χ0) is 23.0. The van der Waals surface area contributed by atoms with Gasteiger partial charge in [-0.1, -0.05) is 49.4 Å². The van der Waals surface area contributed by atoms with Gasteiger partial charge < -0.3 is 10.2 Å². The van der Waals surface area contributed by atoms with E-state index in [1.807, 2.05) is 24.0 Å². The van der Waals surface area contributed by atoms with Crippen LogP contribution in [0.2, 0.25) is 0 Å². The molecular weight excluding hydrogens is 412 g/mol. The zero-order valence-corrected chi connectivity index (χ0v) is 19.7. The Kier molecular flexibility index (Phi) is 8.13. The number of hydrogen-bond donors (Lipinski definition) is 1. The van der Waals surface area contributed by atoms with Gasteiger partial charge >= 0.3 is 0 Å². The first kappa shape index (κ1) is 23.5. The number of piperidine rings is 1. The van der Waals surface area contributed by atoms with Crippen LogP contribution in [0.3, 0.4) is 0 Å². The largest absolute Gasteiger partial charge is 0.342 e. The molecule has 0 radical (unpaired) electrons. The summed E-state index contributed by atoms with van der Waals surface area (Å²) >= 11 is 0. The molecule has 2 fully saturated rings. The molecule has 2 heterocycles. The normalized spacial score (nSPS) is 19.9. The summed E-state index contributed by atoms with van der Waals surface area (Å²) < 4.78 is 0. The van der Waals surface area contributed by atoms with Crippen LogP contribution in [0, 0.1) is 5.92 Å². The van der Waals surface area contributed by atoms with Crippen LogP contribution < -0.4 is 5.32 Å². The molecule has 0 spiro atoms. The Balaban J connectivity index is 1.22. The molecule has 1 unspecified atom stereocenters. The molecule has 176 valence electrons. The molecule has 2 amide bonds. The highest BCUT2D eigenvalue weighted by atomic mass is 16.2. The van der Waals surface area contributed by atoms with Crippen molar-refractivity contribution in [1.82, 2.24) is 14.7 Å². The van der Waals surface area contributed by atoms with E-state index in [9.17, 15) is 9.59 Å². The standard InChI is InChI=1S/C27H36N4O2/c1-2-26(32)31-14-6-9-24(21-31)27(33)28-25-12-10-23(11-13-25)20-30-17-15-29(16-18-30)19-22-7-4-3-5-8-22/h3-5,7-8,10-13,24H,2,6,9,14-21H2,1H3,(H,28,33). The van der Waals surface area contributed by atoms with E-state index in [1.165, 1.54) is 11.1 Å². The lowest BCUT2D eigenvalue weighted by Crippen LogP contribution is -2.45. The maximum Gasteiger partial charge on any atom is 0.229 e. The van der Waals surface area contributed by atoms with Crippen LogP contribution in [0.5, 0.6) is 0 Å². The summed E-state index contributed by atoms with van der Waals surface area (Å²) in [6.45, 7) is 9.44. The number of anilines is 1. The molecule has 4 rings (SSSR count). The van der Waals surface area contributed by atoms with Crippen LogP contribution >= 0.6 is 0 Å². The summed E-state index contributed by atoms with van der Waals surface area (Å²) in [6.07, 6.45) is 2.23. The predicted octanol–water partition coefficient (Wildman–Crippen LogP) is 3.59. The van der Waals surface area contributed by atoms with Crippen molar-refractivity contribution in [2.75, 3.05) is 44.6 Å². The average molecular weight is 449 g/mol. The minimum atomic E-state index is -0.124. The second-order valence-corrected chi connectivity index (χ2v) is 9.26. The molecule has 6 heteroatoms. The van der Waals surface area contributed by atoms with Gasteiger partial charge in [-0.05, 0) is 36.1 Å². The van der Waals surface area contributed by atoms with E-state index in [-0.39, 0.29) is 17.7 Å². The molecule has 1 N–H and O–H groups in total. The van der Waals surface area contributed by atoms with E-state index < -0.39 is 0 Å². The number of piperazine rings is 1. The van der Waals surface area contributed by atoms with Crippen molar-refractivity contribution >= 4 is 17.5 Å². The molecule has 2 aliphatic rings. The summed E-state index contributed by atoms with van der Waals surface area (Å²) in [5.74, 6) is 0.0322. The second-order valence-electron chi connectivity index (χ2n) is 9.26. The van der Waals surface area contributed by atoms with Crippen LogP contribution in [-0.2, 0) is 22.7 Å². The Morgan fingerprint density at radius 1 is 0.848 bits per heavy atom. The molecule has 0 saturated carbocycles. The smallest absolute Gasteiger partial charge is 0.229 e. The predicted molar refractivity (Wildman–Crippen MR) is 132 cm³/mol. The lowest BCUT2D eigenvalue weighted by atomic mass is 9.96. The molecular formula is C27H36N4O2. The number of amides is 2. The topological polar surface area (TPSA) is 55.9 Å². The number of rotatable bonds is 7. The van der Waals surface area contributed by atoms with E-state index in [0.29, 0.717) is 13.0 Å². The highest BCUT2D eigenvalue weighted by molar-refractivity contribution is 5.93. The summed E-state index contributed by atoms with van der Waals surface area (Å²) in [5, 5.41) is 3.05. The van der Waals surface area contributed by atoms with E-state index in [0.717, 1.165) is 64.3 Å². The SMILES string of the molecule is CCC(=O)N1CCCC(C(=O)Nc2ccc(CN3CCN(Cc4ccccc4)CC3)cc2)C1. The summed E-state index contributed by atoms with van der Waals surface area (Å²) in [5.41, 5.74) is 3.47. The zero-order valence-electron chi connectivity index (χ0n) is 19.7. The third kappa shape index (κ3) is 6.65. The van der Waals surface area contributed by atoms with Gasteiger partial charge in [-0.3, -0.25) is 19.4 Å². The first-order valence-corrected chi connectivity index (χ1v) is 12.3. The van der Waals surface area contributed by atoms with Crippen molar-refractivity contribution in [1.29, 1.82) is 0 Å². The molecule has 2 aromatic rings. The number of benzene rings is 2. The Morgan fingerprint density at radius 3 is 2.06 bits per heavy atom. The number of nitrogens with one attached hydrogen (secondary N) is 1. The second kappa shape index (κ2) is 11.4. The molecule has 33 heavy (non-hydrogen) atoms. The molecule has 2 saturated heterocycles. The Bertz CT molecular complexity index is 907. The number of likely N-dealkylation sites (tertiary alicyclic amines) is 1. The molecule has 0 aromatic heterocycles. The van der Waals surface area contributed by atoms with Crippen molar-refractivity contribution < 1.29 is 9.59 Å². The maximum atomic E-state index is 12.7. The third-order valence-corrected chi connectivity index (χ3v) is 6.79. The van der Waals surface area contributed by atoms with Gasteiger partial charge in [0.05, 0.1) is 5.92 Å². The number of carbonyl (C=O) groups is 2. The Morgan fingerprint density at radius 2 is 1.45 bits per heavy atom. The lowest BCUT2D eigenvalue weighted by molar-refractivity contribution is -0.134. The van der Waals surface area contributed by atoms with Gasteiger partial charge in [0, 0.05) is 64.5 Å². The fourth-order valence-electron chi connectivity index (χ4n) is 4.78. The quantitative estimate of drug-likeness (QED) is 0.703. The minimum Gasteiger partial charge on any atom is -0.342 e. The van der Waals surface area contributed by atoms with Gasteiger partial charge in [0.1, 0.15) is 0 Å². The van der Waals surface area contributed by atoms with Crippen molar-refractivity contribution in [3.05, 3.63) is 65.7 Å². The van der Waals surface area contributed by atoms with Gasteiger partial charge in [0.25, 0.3) is 0 Å². The van der Waals surface area contributed by atoms with E-state index >= 15 is 0 Å². The monoisotopic (exact) mass is 448 g/mol. The van der Waals surface area contributed by atoms with E-state index in [2.05, 4.69) is 57.6 Å². The summed E-state index contributed by atoms with van der Waals surface area (Å²) in [7, 11) is 0. The van der Waals surface area contributed by atoms with Crippen molar-refractivity contribution in [2.24, 2.45) is 5.92 Å². The van der Waals surface area contributed by atoms with Crippen LogP contribution in [-0.4, -0.2) is 65.8 Å². The molecule has 2 aromatic carbocycles. The van der Waals surface area contributed by atoms with Crippen LogP contribution in [0.1, 0.15) is 37.3 Å². The maximum absolute atomic E-state index is 12.7.